The van der Waals surface area contributed by atoms with E-state index in [0.29, 0.717) is 11.5 Å². The second-order valence-electron chi connectivity index (χ2n) is 3.72. The number of pyridine rings is 1. The third-order valence-electron chi connectivity index (χ3n) is 2.21. The Hall–Kier alpha value is -0.650. The van der Waals surface area contributed by atoms with Crippen LogP contribution in [0.2, 0.25) is 0 Å². The van der Waals surface area contributed by atoms with Crippen molar-refractivity contribution in [3.05, 3.63) is 30.1 Å². The zero-order valence-corrected chi connectivity index (χ0v) is 11.1. The fraction of sp³-hybridized carbons (Fsp3) is 0.455. The summed E-state index contributed by atoms with van der Waals surface area (Å²) in [7, 11) is 0. The van der Waals surface area contributed by atoms with Gasteiger partial charge in [-0.15, -0.1) is 0 Å². The Labute approximate surface area is 104 Å². The maximum Gasteiger partial charge on any atom is 0.253 e. The van der Waals surface area contributed by atoms with Gasteiger partial charge in [0.1, 0.15) is 0 Å². The largest absolute Gasteiger partial charge is 0.348 e. The molecule has 0 saturated heterocycles. The summed E-state index contributed by atoms with van der Waals surface area (Å²) in [6.45, 7) is 4.21. The van der Waals surface area contributed by atoms with Crippen molar-refractivity contribution in [1.82, 2.24) is 10.3 Å². The normalized spacial score (nSPS) is 12.5. The molecular weight excluding hydrogens is 303 g/mol. The van der Waals surface area contributed by atoms with Gasteiger partial charge in [-0.2, -0.15) is 0 Å². The Bertz CT molecular complexity index is 314. The van der Waals surface area contributed by atoms with Crippen LogP contribution in [0.4, 0.5) is 0 Å². The average Bonchev–Trinajstić information content (AvgIpc) is 2.26. The predicted octanol–water partition coefficient (Wildman–Crippen LogP) is 2.27. The molecule has 1 rings (SSSR count). The van der Waals surface area contributed by atoms with Crippen molar-refractivity contribution in [2.45, 2.75) is 19.9 Å². The summed E-state index contributed by atoms with van der Waals surface area (Å²) >= 11 is 2.29. The highest BCUT2D eigenvalue weighted by Gasteiger charge is 2.15. The molecule has 15 heavy (non-hydrogen) atoms. The Kier molecular flexibility index (Phi) is 5.01. The van der Waals surface area contributed by atoms with Crippen molar-refractivity contribution < 1.29 is 4.79 Å². The minimum absolute atomic E-state index is 0.0431. The molecule has 1 heterocycles. The summed E-state index contributed by atoms with van der Waals surface area (Å²) in [5.41, 5.74) is 0.619. The lowest BCUT2D eigenvalue weighted by Gasteiger charge is -2.19. The SMILES string of the molecule is CC(C)C(CI)NC(=O)c1cccnc1. The van der Waals surface area contributed by atoms with E-state index < -0.39 is 0 Å². The van der Waals surface area contributed by atoms with Gasteiger partial charge in [0.2, 0.25) is 0 Å². The molecule has 4 heteroatoms. The van der Waals surface area contributed by atoms with Crippen LogP contribution in [-0.2, 0) is 0 Å². The molecule has 0 saturated carbocycles. The van der Waals surface area contributed by atoms with E-state index in [-0.39, 0.29) is 11.9 Å². The van der Waals surface area contributed by atoms with Crippen molar-refractivity contribution in [2.24, 2.45) is 5.92 Å². The molecule has 1 aromatic heterocycles. The smallest absolute Gasteiger partial charge is 0.253 e. The summed E-state index contributed by atoms with van der Waals surface area (Å²) in [4.78, 5) is 15.7. The number of nitrogens with zero attached hydrogens (tertiary/aromatic N) is 1. The van der Waals surface area contributed by atoms with Crippen molar-refractivity contribution in [3.8, 4) is 0 Å². The molecule has 1 aromatic rings. The van der Waals surface area contributed by atoms with Gasteiger partial charge in [-0.1, -0.05) is 36.4 Å². The molecule has 0 aliphatic rings. The van der Waals surface area contributed by atoms with Gasteiger partial charge >= 0.3 is 0 Å². The fourth-order valence-corrected chi connectivity index (χ4v) is 2.37. The van der Waals surface area contributed by atoms with Crippen LogP contribution in [0.1, 0.15) is 24.2 Å². The highest BCUT2D eigenvalue weighted by atomic mass is 127. The van der Waals surface area contributed by atoms with Gasteiger partial charge in [0.25, 0.3) is 5.91 Å². The minimum Gasteiger partial charge on any atom is -0.348 e. The van der Waals surface area contributed by atoms with E-state index in [2.05, 4.69) is 46.7 Å². The van der Waals surface area contributed by atoms with Crippen LogP contribution in [0.25, 0.3) is 0 Å². The quantitative estimate of drug-likeness (QED) is 0.683. The summed E-state index contributed by atoms with van der Waals surface area (Å²) in [6.07, 6.45) is 3.24. The second kappa shape index (κ2) is 6.05. The summed E-state index contributed by atoms with van der Waals surface area (Å²) in [6, 6.07) is 3.76. The highest BCUT2D eigenvalue weighted by molar-refractivity contribution is 14.1. The lowest BCUT2D eigenvalue weighted by Crippen LogP contribution is -2.39. The number of amides is 1. The molecule has 1 N–H and O–H groups in total. The maximum atomic E-state index is 11.8. The molecule has 0 spiro atoms. The first-order valence-electron chi connectivity index (χ1n) is 4.92. The monoisotopic (exact) mass is 318 g/mol. The molecule has 0 bridgehead atoms. The van der Waals surface area contributed by atoms with Gasteiger partial charge in [0, 0.05) is 22.9 Å². The number of aromatic nitrogens is 1. The molecule has 0 aliphatic heterocycles. The molecule has 1 unspecified atom stereocenters. The molecule has 1 atom stereocenters. The summed E-state index contributed by atoms with van der Waals surface area (Å²) in [5.74, 6) is 0.404. The van der Waals surface area contributed by atoms with Crippen LogP contribution in [-0.4, -0.2) is 21.4 Å². The van der Waals surface area contributed by atoms with Crippen LogP contribution in [0.5, 0.6) is 0 Å². The third-order valence-corrected chi connectivity index (χ3v) is 3.16. The van der Waals surface area contributed by atoms with Crippen molar-refractivity contribution in [1.29, 1.82) is 0 Å². The van der Waals surface area contributed by atoms with Crippen molar-refractivity contribution >= 4 is 28.5 Å². The first-order chi connectivity index (χ1) is 7.15. The standard InChI is InChI=1S/C11H15IN2O/c1-8(2)10(6-12)14-11(15)9-4-3-5-13-7-9/h3-5,7-8,10H,6H2,1-2H3,(H,14,15). The van der Waals surface area contributed by atoms with E-state index in [1.54, 1.807) is 24.5 Å². The molecule has 82 valence electrons. The predicted molar refractivity (Wildman–Crippen MR) is 69.2 cm³/mol. The van der Waals surface area contributed by atoms with Gasteiger partial charge in [-0.3, -0.25) is 9.78 Å². The second-order valence-corrected chi connectivity index (χ2v) is 4.60. The minimum atomic E-state index is -0.0431. The van der Waals surface area contributed by atoms with Gasteiger partial charge < -0.3 is 5.32 Å². The average molecular weight is 318 g/mol. The van der Waals surface area contributed by atoms with Crippen molar-refractivity contribution in [2.75, 3.05) is 4.43 Å². The molecule has 1 amide bonds. The van der Waals surface area contributed by atoms with Crippen molar-refractivity contribution in [3.63, 3.8) is 0 Å². The van der Waals surface area contributed by atoms with Gasteiger partial charge in [-0.25, -0.2) is 0 Å². The van der Waals surface area contributed by atoms with Crippen LogP contribution in [0.3, 0.4) is 0 Å². The molecule has 0 aromatic carbocycles. The third kappa shape index (κ3) is 3.77. The van der Waals surface area contributed by atoms with Crippen LogP contribution >= 0.6 is 22.6 Å². The topological polar surface area (TPSA) is 42.0 Å². The molecular formula is C11H15IN2O. The maximum absolute atomic E-state index is 11.8. The molecule has 3 nitrogen and oxygen atoms in total. The lowest BCUT2D eigenvalue weighted by molar-refractivity contribution is 0.0932. The number of rotatable bonds is 4. The first kappa shape index (κ1) is 12.4. The van der Waals surface area contributed by atoms with E-state index in [1.807, 2.05) is 0 Å². The van der Waals surface area contributed by atoms with Crippen LogP contribution < -0.4 is 5.32 Å². The first-order valence-corrected chi connectivity index (χ1v) is 6.44. The van der Waals surface area contributed by atoms with E-state index in [9.17, 15) is 4.79 Å². The number of hydrogen-bond donors (Lipinski definition) is 1. The fourth-order valence-electron chi connectivity index (χ4n) is 1.13. The number of carbonyl (C=O) groups is 1. The number of alkyl halides is 1. The Balaban J connectivity index is 2.63. The van der Waals surface area contributed by atoms with Crippen LogP contribution in [0.15, 0.2) is 24.5 Å². The lowest BCUT2D eigenvalue weighted by atomic mass is 10.1. The zero-order valence-electron chi connectivity index (χ0n) is 8.90. The Morgan fingerprint density at radius 2 is 2.33 bits per heavy atom. The zero-order chi connectivity index (χ0) is 11.3. The van der Waals surface area contributed by atoms with Crippen LogP contribution in [0, 0.1) is 5.92 Å². The number of halogens is 1. The van der Waals surface area contributed by atoms with E-state index in [1.165, 1.54) is 0 Å². The molecule has 0 radical (unpaired) electrons. The van der Waals surface area contributed by atoms with Gasteiger partial charge in [0.15, 0.2) is 0 Å². The van der Waals surface area contributed by atoms with Gasteiger partial charge in [0.05, 0.1) is 5.56 Å². The molecule has 0 aliphatic carbocycles. The number of carbonyl (C=O) groups excluding carboxylic acids is 1. The summed E-state index contributed by atoms with van der Waals surface area (Å²) < 4.78 is 0.918. The number of hydrogen-bond acceptors (Lipinski definition) is 2. The molecule has 0 fully saturated rings. The number of nitrogens with one attached hydrogen (secondary N) is 1. The Morgan fingerprint density at radius 3 is 2.80 bits per heavy atom. The highest BCUT2D eigenvalue weighted by Crippen LogP contribution is 2.06. The van der Waals surface area contributed by atoms with E-state index in [4.69, 9.17) is 0 Å². The summed E-state index contributed by atoms with van der Waals surface area (Å²) in [5, 5.41) is 3.00. The van der Waals surface area contributed by atoms with E-state index >= 15 is 0 Å². The van der Waals surface area contributed by atoms with Gasteiger partial charge in [-0.05, 0) is 18.1 Å². The Morgan fingerprint density at radius 1 is 1.60 bits per heavy atom. The van der Waals surface area contributed by atoms with E-state index in [0.717, 1.165) is 4.43 Å².